The molecule has 17 heavy (non-hydrogen) atoms. The highest BCUT2D eigenvalue weighted by Gasteiger charge is 2.02. The van der Waals surface area contributed by atoms with Gasteiger partial charge in [-0.25, -0.2) is 0 Å². The van der Waals surface area contributed by atoms with Gasteiger partial charge in [0.1, 0.15) is 5.75 Å². The van der Waals surface area contributed by atoms with Crippen molar-refractivity contribution in [3.8, 4) is 5.75 Å². The van der Waals surface area contributed by atoms with Gasteiger partial charge in [-0.1, -0.05) is 12.1 Å². The molecule has 2 rings (SSSR count). The van der Waals surface area contributed by atoms with E-state index >= 15 is 0 Å². The van der Waals surface area contributed by atoms with E-state index in [4.69, 9.17) is 4.74 Å². The monoisotopic (exact) mass is 235 g/mol. The van der Waals surface area contributed by atoms with Gasteiger partial charge in [0, 0.05) is 0 Å². The maximum absolute atomic E-state index is 5.77. The largest absolute Gasteiger partial charge is 0.491 e. The second kappa shape index (κ2) is 7.14. The number of benzene rings is 1. The zero-order chi connectivity index (χ0) is 11.8. The van der Waals surface area contributed by atoms with Crippen LogP contribution in [0.15, 0.2) is 24.3 Å². The second-order valence-corrected chi connectivity index (χ2v) is 4.16. The van der Waals surface area contributed by atoms with Gasteiger partial charge in [-0.15, -0.1) is 0 Å². The molecule has 94 valence electrons. The molecule has 0 bridgehead atoms. The van der Waals surface area contributed by atoms with Crippen molar-refractivity contribution in [2.45, 2.75) is 12.8 Å². The van der Waals surface area contributed by atoms with Crippen LogP contribution in [0.2, 0.25) is 0 Å². The van der Waals surface area contributed by atoms with Crippen molar-refractivity contribution in [3.63, 3.8) is 0 Å². The Morgan fingerprint density at radius 3 is 2.76 bits per heavy atom. The van der Waals surface area contributed by atoms with Gasteiger partial charge in [0.2, 0.25) is 0 Å². The van der Waals surface area contributed by atoms with Gasteiger partial charge < -0.3 is 20.7 Å². The smallest absolute Gasteiger partial charge is 0.142 e. The molecule has 1 aromatic carbocycles. The van der Waals surface area contributed by atoms with E-state index in [-0.39, 0.29) is 0 Å². The Bertz CT molecular complexity index is 299. The van der Waals surface area contributed by atoms with E-state index < -0.39 is 0 Å². The lowest BCUT2D eigenvalue weighted by atomic mass is 10.3. The van der Waals surface area contributed by atoms with E-state index in [9.17, 15) is 0 Å². The van der Waals surface area contributed by atoms with Crippen LogP contribution in [0, 0.1) is 0 Å². The summed E-state index contributed by atoms with van der Waals surface area (Å²) >= 11 is 0. The average Bonchev–Trinajstić information content (AvgIpc) is 2.38. The molecule has 0 aliphatic carbocycles. The Kier molecular flexibility index (Phi) is 5.13. The second-order valence-electron chi connectivity index (χ2n) is 4.16. The van der Waals surface area contributed by atoms with Crippen LogP contribution in [-0.4, -0.2) is 32.9 Å². The van der Waals surface area contributed by atoms with Gasteiger partial charge in [0.15, 0.2) is 0 Å². The Balaban J connectivity index is 1.95. The lowest BCUT2D eigenvalue weighted by Crippen LogP contribution is -2.26. The molecule has 4 nitrogen and oxygen atoms in total. The van der Waals surface area contributed by atoms with Crippen LogP contribution >= 0.6 is 0 Å². The molecule has 3 N–H and O–H groups in total. The number of para-hydroxylation sites is 2. The maximum Gasteiger partial charge on any atom is 0.142 e. The first-order chi connectivity index (χ1) is 8.47. The number of ether oxygens (including phenoxy) is 1. The van der Waals surface area contributed by atoms with Crippen molar-refractivity contribution < 1.29 is 4.74 Å². The predicted octanol–water partition coefficient (Wildman–Crippen LogP) is 1.41. The molecule has 0 aromatic heterocycles. The van der Waals surface area contributed by atoms with Gasteiger partial charge >= 0.3 is 0 Å². The highest BCUT2D eigenvalue weighted by atomic mass is 16.5. The normalized spacial score (nSPS) is 18.6. The summed E-state index contributed by atoms with van der Waals surface area (Å²) < 4.78 is 5.77. The Morgan fingerprint density at radius 1 is 0.941 bits per heavy atom. The van der Waals surface area contributed by atoms with E-state index in [0.29, 0.717) is 0 Å². The molecular weight excluding hydrogens is 214 g/mol. The lowest BCUT2D eigenvalue weighted by molar-refractivity contribution is 0.310. The third-order valence-electron chi connectivity index (χ3n) is 2.75. The molecule has 0 saturated heterocycles. The summed E-state index contributed by atoms with van der Waals surface area (Å²) in [6.07, 6.45) is 2.20. The summed E-state index contributed by atoms with van der Waals surface area (Å²) in [4.78, 5) is 0. The minimum Gasteiger partial charge on any atom is -0.491 e. The van der Waals surface area contributed by atoms with E-state index in [1.54, 1.807) is 0 Å². The minimum atomic E-state index is 0.763. The van der Waals surface area contributed by atoms with Gasteiger partial charge in [-0.05, 0) is 44.6 Å². The zero-order valence-corrected chi connectivity index (χ0v) is 10.2. The van der Waals surface area contributed by atoms with Crippen LogP contribution in [0.3, 0.4) is 0 Å². The standard InChI is InChI=1S/C13H21N3O/c1-2-6-13-12(5-1)16-11-15-8-3-7-14-9-4-10-17-13/h1-2,5-6,14-16H,3-4,7-11H2. The minimum absolute atomic E-state index is 0.763. The topological polar surface area (TPSA) is 45.3 Å². The fourth-order valence-electron chi connectivity index (χ4n) is 1.83. The molecule has 1 aliphatic rings. The quantitative estimate of drug-likeness (QED) is 0.636. The third kappa shape index (κ3) is 4.24. The van der Waals surface area contributed by atoms with Gasteiger partial charge in [0.05, 0.1) is 19.0 Å². The highest BCUT2D eigenvalue weighted by molar-refractivity contribution is 5.55. The van der Waals surface area contributed by atoms with Crippen molar-refractivity contribution in [3.05, 3.63) is 24.3 Å². The third-order valence-corrected chi connectivity index (χ3v) is 2.75. The summed E-state index contributed by atoms with van der Waals surface area (Å²) in [5.41, 5.74) is 1.06. The Labute approximate surface area is 103 Å². The first-order valence-corrected chi connectivity index (χ1v) is 6.34. The van der Waals surface area contributed by atoms with Gasteiger partial charge in [0.25, 0.3) is 0 Å². The summed E-state index contributed by atoms with van der Waals surface area (Å²) in [7, 11) is 0. The maximum atomic E-state index is 5.77. The molecule has 1 heterocycles. The Morgan fingerprint density at radius 2 is 1.76 bits per heavy atom. The number of anilines is 1. The van der Waals surface area contributed by atoms with E-state index in [1.165, 1.54) is 0 Å². The van der Waals surface area contributed by atoms with Gasteiger partial charge in [-0.2, -0.15) is 0 Å². The first kappa shape index (κ1) is 12.2. The number of hydrogen-bond donors (Lipinski definition) is 3. The highest BCUT2D eigenvalue weighted by Crippen LogP contribution is 2.23. The zero-order valence-electron chi connectivity index (χ0n) is 10.2. The van der Waals surface area contributed by atoms with Crippen LogP contribution < -0.4 is 20.7 Å². The van der Waals surface area contributed by atoms with Gasteiger partial charge in [-0.3, -0.25) is 0 Å². The SMILES string of the molecule is c1ccc2c(c1)NCNCCCNCCCO2. The number of fused-ring (bicyclic) bond motifs is 1. The van der Waals surface area contributed by atoms with Crippen LogP contribution in [0.25, 0.3) is 0 Å². The number of rotatable bonds is 0. The molecule has 4 heteroatoms. The molecular formula is C13H21N3O. The van der Waals surface area contributed by atoms with Crippen LogP contribution in [0.5, 0.6) is 5.75 Å². The molecule has 1 aliphatic heterocycles. The summed E-state index contributed by atoms with van der Waals surface area (Å²) in [5, 5.41) is 10.1. The molecule has 0 radical (unpaired) electrons. The lowest BCUT2D eigenvalue weighted by Gasteiger charge is -2.13. The van der Waals surface area contributed by atoms with Crippen LogP contribution in [0.4, 0.5) is 5.69 Å². The average molecular weight is 235 g/mol. The molecule has 0 saturated carbocycles. The molecule has 0 fully saturated rings. The molecule has 0 amide bonds. The van der Waals surface area contributed by atoms with Crippen molar-refractivity contribution in [2.75, 3.05) is 38.2 Å². The first-order valence-electron chi connectivity index (χ1n) is 6.34. The summed E-state index contributed by atoms with van der Waals surface area (Å²) in [6.45, 7) is 4.66. The van der Waals surface area contributed by atoms with E-state index in [1.807, 2.05) is 18.2 Å². The number of hydrogen-bond acceptors (Lipinski definition) is 4. The van der Waals surface area contributed by atoms with Crippen molar-refractivity contribution in [1.29, 1.82) is 0 Å². The molecule has 0 spiro atoms. The summed E-state index contributed by atoms with van der Waals surface area (Å²) in [5.74, 6) is 0.938. The molecule has 0 atom stereocenters. The van der Waals surface area contributed by atoms with Crippen molar-refractivity contribution in [1.82, 2.24) is 10.6 Å². The van der Waals surface area contributed by atoms with Crippen LogP contribution in [-0.2, 0) is 0 Å². The summed E-state index contributed by atoms with van der Waals surface area (Å²) in [6, 6.07) is 8.09. The van der Waals surface area contributed by atoms with Crippen molar-refractivity contribution >= 4 is 5.69 Å². The fourth-order valence-corrected chi connectivity index (χ4v) is 1.83. The predicted molar refractivity (Wildman–Crippen MR) is 70.5 cm³/mol. The fraction of sp³-hybridized carbons (Fsp3) is 0.538. The van der Waals surface area contributed by atoms with Crippen LogP contribution in [0.1, 0.15) is 12.8 Å². The number of nitrogens with one attached hydrogen (secondary N) is 3. The molecule has 1 aromatic rings. The van der Waals surface area contributed by atoms with E-state index in [0.717, 1.165) is 57.2 Å². The Hall–Kier alpha value is -1.26. The van der Waals surface area contributed by atoms with Crippen molar-refractivity contribution in [2.24, 2.45) is 0 Å². The molecule has 0 unspecified atom stereocenters. The van der Waals surface area contributed by atoms with E-state index in [2.05, 4.69) is 22.0 Å².